The third kappa shape index (κ3) is 3.93. The zero-order valence-corrected chi connectivity index (χ0v) is 15.8. The van der Waals surface area contributed by atoms with Crippen LogP contribution in [-0.4, -0.2) is 42.3 Å². The van der Waals surface area contributed by atoms with Crippen molar-refractivity contribution in [1.29, 1.82) is 0 Å². The number of hydrogen-bond acceptors (Lipinski definition) is 4. The van der Waals surface area contributed by atoms with Gasteiger partial charge in [0.05, 0.1) is 5.60 Å². The van der Waals surface area contributed by atoms with E-state index in [-0.39, 0.29) is 0 Å². The number of hydrogen-bond donors (Lipinski definition) is 2. The number of β-amino-alcohol motifs (C(OH)–C–C–N with tert-alkyl or cyclic N) is 1. The molecule has 22 heavy (non-hydrogen) atoms. The lowest BCUT2D eigenvalue weighted by atomic mass is 9.83. The van der Waals surface area contributed by atoms with Gasteiger partial charge in [0.2, 0.25) is 0 Å². The molecule has 0 spiro atoms. The summed E-state index contributed by atoms with van der Waals surface area (Å²) < 4.78 is 1.22. The monoisotopic (exact) mass is 386 g/mol. The Labute approximate surface area is 146 Å². The van der Waals surface area contributed by atoms with Gasteiger partial charge < -0.3 is 15.3 Å². The van der Waals surface area contributed by atoms with E-state index in [9.17, 15) is 5.11 Å². The van der Waals surface area contributed by atoms with E-state index in [0.717, 1.165) is 19.5 Å². The van der Waals surface area contributed by atoms with Crippen LogP contribution < -0.4 is 5.32 Å². The maximum Gasteiger partial charge on any atom is 0.0909 e. The summed E-state index contributed by atoms with van der Waals surface area (Å²) >= 11 is 5.54. The summed E-state index contributed by atoms with van der Waals surface area (Å²) in [4.78, 5) is 3.63. The summed E-state index contributed by atoms with van der Waals surface area (Å²) in [6.07, 6.45) is 7.56. The van der Waals surface area contributed by atoms with Crippen molar-refractivity contribution in [1.82, 2.24) is 10.2 Å². The molecule has 1 aliphatic heterocycles. The van der Waals surface area contributed by atoms with Crippen LogP contribution in [0.4, 0.5) is 0 Å². The minimum absolute atomic E-state index is 0.379. The largest absolute Gasteiger partial charge is 0.387 e. The van der Waals surface area contributed by atoms with Crippen molar-refractivity contribution in [2.45, 2.75) is 50.2 Å². The second-order valence-corrected chi connectivity index (χ2v) is 8.90. The fraction of sp³-hybridized carbons (Fsp3) is 0.765. The molecule has 1 aromatic rings. The summed E-state index contributed by atoms with van der Waals surface area (Å²) in [5.41, 5.74) is -0.564. The van der Waals surface area contributed by atoms with Gasteiger partial charge in [-0.25, -0.2) is 0 Å². The summed E-state index contributed by atoms with van der Waals surface area (Å²) in [7, 11) is 2.09. The van der Waals surface area contributed by atoms with Crippen LogP contribution in [0, 0.1) is 5.92 Å². The minimum Gasteiger partial charge on any atom is -0.387 e. The molecule has 2 heterocycles. The van der Waals surface area contributed by atoms with Crippen molar-refractivity contribution >= 4 is 27.3 Å². The molecule has 0 amide bonds. The number of thiophene rings is 1. The van der Waals surface area contributed by atoms with Gasteiger partial charge >= 0.3 is 0 Å². The third-order valence-corrected chi connectivity index (χ3v) is 7.18. The molecule has 0 radical (unpaired) electrons. The van der Waals surface area contributed by atoms with Crippen LogP contribution in [0.3, 0.4) is 0 Å². The van der Waals surface area contributed by atoms with Gasteiger partial charge in [-0.3, -0.25) is 0 Å². The summed E-state index contributed by atoms with van der Waals surface area (Å²) in [6, 6.07) is 2.53. The normalized spacial score (nSPS) is 29.0. The quantitative estimate of drug-likeness (QED) is 0.807. The van der Waals surface area contributed by atoms with Crippen molar-refractivity contribution < 1.29 is 5.11 Å². The van der Waals surface area contributed by atoms with Crippen LogP contribution in [0.5, 0.6) is 0 Å². The topological polar surface area (TPSA) is 35.5 Å². The van der Waals surface area contributed by atoms with Crippen molar-refractivity contribution in [2.75, 3.05) is 26.7 Å². The van der Waals surface area contributed by atoms with Crippen molar-refractivity contribution in [2.24, 2.45) is 5.92 Å². The molecular weight excluding hydrogens is 360 g/mol. The average molecular weight is 387 g/mol. The van der Waals surface area contributed by atoms with Crippen LogP contribution >= 0.6 is 27.3 Å². The molecule has 3 rings (SSSR count). The molecule has 3 nitrogen and oxygen atoms in total. The van der Waals surface area contributed by atoms with E-state index in [1.165, 1.54) is 41.5 Å². The Morgan fingerprint density at radius 2 is 2.23 bits per heavy atom. The number of likely N-dealkylation sites (tertiary alicyclic amines) is 1. The highest BCUT2D eigenvalue weighted by Crippen LogP contribution is 2.40. The van der Waals surface area contributed by atoms with Crippen LogP contribution in [-0.2, 0) is 0 Å². The minimum atomic E-state index is -0.564. The fourth-order valence-electron chi connectivity index (χ4n) is 3.97. The second kappa shape index (κ2) is 7.31. The van der Waals surface area contributed by atoms with Gasteiger partial charge in [-0.15, -0.1) is 11.3 Å². The number of nitrogens with zero attached hydrogens (tertiary/aromatic N) is 1. The molecule has 5 heteroatoms. The molecule has 1 saturated carbocycles. The molecule has 2 unspecified atom stereocenters. The lowest BCUT2D eigenvalue weighted by Crippen LogP contribution is -2.45. The van der Waals surface area contributed by atoms with Crippen LogP contribution in [0.15, 0.2) is 15.9 Å². The van der Waals surface area contributed by atoms with Gasteiger partial charge in [0.25, 0.3) is 0 Å². The van der Waals surface area contributed by atoms with Gasteiger partial charge in [0.15, 0.2) is 0 Å². The van der Waals surface area contributed by atoms with Crippen molar-refractivity contribution in [3.8, 4) is 0 Å². The Hall–Kier alpha value is 0.0600. The molecule has 0 aromatic carbocycles. The van der Waals surface area contributed by atoms with E-state index < -0.39 is 5.60 Å². The van der Waals surface area contributed by atoms with Gasteiger partial charge in [0.1, 0.15) is 0 Å². The lowest BCUT2D eigenvalue weighted by Gasteiger charge is -2.33. The Bertz CT molecular complexity index is 489. The smallest absolute Gasteiger partial charge is 0.0909 e. The van der Waals surface area contributed by atoms with Crippen molar-refractivity contribution in [3.05, 3.63) is 20.8 Å². The molecule has 1 aromatic heterocycles. The predicted octanol–water partition coefficient (Wildman–Crippen LogP) is 3.79. The number of halogens is 1. The third-order valence-electron chi connectivity index (χ3n) is 5.22. The highest BCUT2D eigenvalue weighted by atomic mass is 79.9. The van der Waals surface area contributed by atoms with Gasteiger partial charge in [-0.2, -0.15) is 0 Å². The molecule has 2 atom stereocenters. The van der Waals surface area contributed by atoms with E-state index >= 15 is 0 Å². The molecule has 2 N–H and O–H groups in total. The van der Waals surface area contributed by atoms with Gasteiger partial charge in [-0.1, -0.05) is 19.3 Å². The van der Waals surface area contributed by atoms with Gasteiger partial charge in [-0.05, 0) is 59.6 Å². The average Bonchev–Trinajstić information content (AvgIpc) is 3.07. The molecule has 2 fully saturated rings. The summed E-state index contributed by atoms with van der Waals surface area (Å²) in [6.45, 7) is 2.47. The molecule has 2 aliphatic rings. The number of rotatable bonds is 5. The first-order valence-electron chi connectivity index (χ1n) is 8.45. The van der Waals surface area contributed by atoms with E-state index in [0.29, 0.717) is 18.5 Å². The highest BCUT2D eigenvalue weighted by molar-refractivity contribution is 9.10. The lowest BCUT2D eigenvalue weighted by molar-refractivity contribution is 0.0455. The summed E-state index contributed by atoms with van der Waals surface area (Å²) in [5.74, 6) is 0.700. The molecule has 1 aliphatic carbocycles. The van der Waals surface area contributed by atoms with E-state index in [1.807, 2.05) is 11.3 Å². The number of likely N-dealkylation sites (N-methyl/N-ethyl adjacent to an activating group) is 1. The Kier molecular flexibility index (Phi) is 5.61. The van der Waals surface area contributed by atoms with E-state index in [2.05, 4.69) is 44.6 Å². The van der Waals surface area contributed by atoms with Crippen molar-refractivity contribution in [3.63, 3.8) is 0 Å². The first-order chi connectivity index (χ1) is 10.6. The maximum absolute atomic E-state index is 10.8. The first-order valence-corrected chi connectivity index (χ1v) is 10.1. The Balaban J connectivity index is 1.70. The molecular formula is C17H27BrN2OS. The van der Waals surface area contributed by atoms with E-state index in [4.69, 9.17) is 0 Å². The first kappa shape index (κ1) is 16.9. The molecule has 1 saturated heterocycles. The number of aliphatic hydroxyl groups is 1. The van der Waals surface area contributed by atoms with Gasteiger partial charge in [0, 0.05) is 35.0 Å². The Morgan fingerprint density at radius 1 is 1.45 bits per heavy atom. The van der Waals surface area contributed by atoms with Crippen LogP contribution in [0.1, 0.15) is 49.4 Å². The van der Waals surface area contributed by atoms with E-state index in [1.54, 1.807) is 0 Å². The zero-order chi connectivity index (χ0) is 15.6. The summed E-state index contributed by atoms with van der Waals surface area (Å²) in [5, 5.41) is 16.7. The predicted molar refractivity (Wildman–Crippen MR) is 96.4 cm³/mol. The maximum atomic E-state index is 10.8. The van der Waals surface area contributed by atoms with Crippen LogP contribution in [0.2, 0.25) is 0 Å². The Morgan fingerprint density at radius 3 is 2.82 bits per heavy atom. The van der Waals surface area contributed by atoms with Crippen LogP contribution in [0.25, 0.3) is 0 Å². The molecule has 0 bridgehead atoms. The molecule has 124 valence electrons. The zero-order valence-electron chi connectivity index (χ0n) is 13.4. The SMILES string of the molecule is CN1CCC(O)(CNC(c2sccc2Br)C2CCCCC2)C1. The highest BCUT2D eigenvalue weighted by Gasteiger charge is 2.36. The fourth-order valence-corrected chi connectivity index (χ4v) is 5.76. The standard InChI is InChI=1S/C17H27BrN2OS/c1-20-9-8-17(21,12-20)11-19-15(13-5-3-2-4-6-13)16-14(18)7-10-22-16/h7,10,13,15,19,21H,2-6,8-9,11-12H2,1H3. The second-order valence-electron chi connectivity index (χ2n) is 7.10. The number of nitrogens with one attached hydrogen (secondary N) is 1.